The number of nitrogens with one attached hydrogen (secondary N) is 1. The highest BCUT2D eigenvalue weighted by atomic mass is 16.5. The average Bonchev–Trinajstić information content (AvgIpc) is 3.22. The highest BCUT2D eigenvalue weighted by Crippen LogP contribution is 2.40. The third-order valence-corrected chi connectivity index (χ3v) is 4.93. The summed E-state index contributed by atoms with van der Waals surface area (Å²) >= 11 is 0. The van der Waals surface area contributed by atoms with Gasteiger partial charge in [-0.1, -0.05) is 43.2 Å². The highest BCUT2D eigenvalue weighted by Gasteiger charge is 2.38. The number of imidazole rings is 1. The van der Waals surface area contributed by atoms with E-state index >= 15 is 0 Å². The lowest BCUT2D eigenvalue weighted by Crippen LogP contribution is -2.33. The maximum Gasteiger partial charge on any atom is 0.336 e. The summed E-state index contributed by atoms with van der Waals surface area (Å²) in [5, 5.41) is 3.29. The molecule has 2 aromatic rings. The number of benzene rings is 1. The Bertz CT molecular complexity index is 938. The molecule has 0 saturated heterocycles. The van der Waals surface area contributed by atoms with Crippen LogP contribution in [0, 0.1) is 6.92 Å². The minimum Gasteiger partial charge on any atom is -0.466 e. The van der Waals surface area contributed by atoms with E-state index in [1.807, 2.05) is 38.1 Å². The molecule has 28 heavy (non-hydrogen) atoms. The number of dihydropyridines is 1. The molecule has 0 spiro atoms. The molecule has 1 aromatic heterocycles. The molecule has 0 fully saturated rings. The van der Waals surface area contributed by atoms with Crippen LogP contribution in [-0.4, -0.2) is 28.5 Å². The molecule has 0 amide bonds. The molecule has 1 N–H and O–H groups in total. The lowest BCUT2D eigenvalue weighted by molar-refractivity contribution is -0.136. The van der Waals surface area contributed by atoms with Crippen LogP contribution in [0.25, 0.3) is 0 Å². The van der Waals surface area contributed by atoms with Crippen LogP contribution in [0.2, 0.25) is 0 Å². The van der Waals surface area contributed by atoms with Crippen LogP contribution in [0.1, 0.15) is 48.5 Å². The van der Waals surface area contributed by atoms with Gasteiger partial charge in [-0.2, -0.15) is 0 Å². The molecule has 0 saturated carbocycles. The fourth-order valence-corrected chi connectivity index (χ4v) is 3.59. The van der Waals surface area contributed by atoms with Gasteiger partial charge in [-0.25, -0.2) is 9.78 Å². The summed E-state index contributed by atoms with van der Waals surface area (Å²) in [6, 6.07) is 7.90. The van der Waals surface area contributed by atoms with Crippen LogP contribution in [-0.2, 0) is 9.53 Å². The first kappa shape index (κ1) is 19.6. The number of rotatable bonds is 5. The van der Waals surface area contributed by atoms with Crippen molar-refractivity contribution >= 4 is 11.9 Å². The lowest BCUT2D eigenvalue weighted by atomic mass is 9.79. The number of nitrogens with zero attached hydrogens (tertiary/aromatic N) is 2. The topological polar surface area (TPSA) is 73.2 Å². The van der Waals surface area contributed by atoms with Gasteiger partial charge in [0.2, 0.25) is 0 Å². The summed E-state index contributed by atoms with van der Waals surface area (Å²) in [5.74, 6) is -1.15. The summed E-state index contributed by atoms with van der Waals surface area (Å²) in [5.41, 5.74) is 4.53. The molecule has 3 rings (SSSR count). The SMILES string of the molecule is CCCC1=C(C(=O)n2ccnc2)C(c2ccc(C)cc2)C(C(=O)OC)=C(C)N1. The third kappa shape index (κ3) is 3.63. The van der Waals surface area contributed by atoms with Crippen LogP contribution < -0.4 is 5.32 Å². The predicted molar refractivity (Wildman–Crippen MR) is 107 cm³/mol. The molecule has 1 aliphatic rings. The van der Waals surface area contributed by atoms with E-state index < -0.39 is 11.9 Å². The van der Waals surface area contributed by atoms with Crippen molar-refractivity contribution in [1.29, 1.82) is 0 Å². The van der Waals surface area contributed by atoms with Gasteiger partial charge < -0.3 is 10.1 Å². The number of hydrogen-bond donors (Lipinski definition) is 1. The summed E-state index contributed by atoms with van der Waals surface area (Å²) in [4.78, 5) is 30.1. The summed E-state index contributed by atoms with van der Waals surface area (Å²) < 4.78 is 6.51. The molecule has 1 unspecified atom stereocenters. The zero-order valence-electron chi connectivity index (χ0n) is 16.7. The highest BCUT2D eigenvalue weighted by molar-refractivity contribution is 6.03. The monoisotopic (exact) mass is 379 g/mol. The second-order valence-electron chi connectivity index (χ2n) is 6.92. The van der Waals surface area contributed by atoms with Gasteiger partial charge in [-0.15, -0.1) is 0 Å². The van der Waals surface area contributed by atoms with Crippen molar-refractivity contribution in [2.24, 2.45) is 0 Å². The number of carbonyl (C=O) groups is 2. The van der Waals surface area contributed by atoms with Crippen LogP contribution in [0.15, 0.2) is 65.5 Å². The quantitative estimate of drug-likeness (QED) is 0.802. The normalized spacial score (nSPS) is 16.8. The first-order chi connectivity index (χ1) is 13.5. The van der Waals surface area contributed by atoms with Crippen molar-refractivity contribution in [2.45, 2.75) is 39.5 Å². The number of hydrogen-bond acceptors (Lipinski definition) is 5. The van der Waals surface area contributed by atoms with Gasteiger partial charge in [0.15, 0.2) is 0 Å². The van der Waals surface area contributed by atoms with E-state index in [-0.39, 0.29) is 5.91 Å². The van der Waals surface area contributed by atoms with Gasteiger partial charge >= 0.3 is 5.97 Å². The standard InChI is InChI=1S/C22H25N3O3/c1-5-6-17-20(21(26)25-12-11-23-13-25)19(16-9-7-14(2)8-10-16)18(15(3)24-17)22(27)28-4/h7-13,19,24H,5-6H2,1-4H3. The number of aryl methyl sites for hydroxylation is 1. The predicted octanol–water partition coefficient (Wildman–Crippen LogP) is 3.72. The van der Waals surface area contributed by atoms with Crippen molar-refractivity contribution in [3.63, 3.8) is 0 Å². The van der Waals surface area contributed by atoms with E-state index in [4.69, 9.17) is 4.74 Å². The number of carbonyl (C=O) groups excluding carboxylic acids is 2. The van der Waals surface area contributed by atoms with Gasteiger partial charge in [0.1, 0.15) is 6.33 Å². The second-order valence-corrected chi connectivity index (χ2v) is 6.92. The zero-order valence-corrected chi connectivity index (χ0v) is 16.7. The number of aromatic nitrogens is 2. The molecule has 1 atom stereocenters. The number of ether oxygens (including phenoxy) is 1. The van der Waals surface area contributed by atoms with Crippen molar-refractivity contribution in [2.75, 3.05) is 7.11 Å². The minimum atomic E-state index is -0.509. The van der Waals surface area contributed by atoms with Gasteiger partial charge in [0, 0.05) is 29.4 Å². The van der Waals surface area contributed by atoms with Gasteiger partial charge in [-0.05, 0) is 25.8 Å². The van der Waals surface area contributed by atoms with E-state index in [1.165, 1.54) is 18.0 Å². The summed E-state index contributed by atoms with van der Waals surface area (Å²) in [6.45, 7) is 5.91. The molecule has 6 nitrogen and oxygen atoms in total. The Morgan fingerprint density at radius 2 is 1.89 bits per heavy atom. The number of esters is 1. The fraction of sp³-hybridized carbons (Fsp3) is 0.318. The van der Waals surface area contributed by atoms with Gasteiger partial charge in [-0.3, -0.25) is 9.36 Å². The molecule has 1 aromatic carbocycles. The largest absolute Gasteiger partial charge is 0.466 e. The Kier molecular flexibility index (Phi) is 5.78. The summed E-state index contributed by atoms with van der Waals surface area (Å²) in [6.07, 6.45) is 6.23. The maximum absolute atomic E-state index is 13.4. The Labute approximate surface area is 164 Å². The first-order valence-electron chi connectivity index (χ1n) is 9.36. The third-order valence-electron chi connectivity index (χ3n) is 4.93. The van der Waals surface area contributed by atoms with E-state index in [1.54, 1.807) is 12.4 Å². The molecule has 1 aliphatic heterocycles. The molecule has 0 bridgehead atoms. The molecule has 146 valence electrons. The minimum absolute atomic E-state index is 0.201. The van der Waals surface area contributed by atoms with Crippen molar-refractivity contribution in [3.05, 3.63) is 76.7 Å². The number of allylic oxidation sites excluding steroid dienone is 3. The van der Waals surface area contributed by atoms with Crippen LogP contribution in [0.3, 0.4) is 0 Å². The molecule has 0 aliphatic carbocycles. The molecular weight excluding hydrogens is 354 g/mol. The van der Waals surface area contributed by atoms with Crippen molar-refractivity contribution in [1.82, 2.24) is 14.9 Å². The van der Waals surface area contributed by atoms with Crippen molar-refractivity contribution in [3.8, 4) is 0 Å². The van der Waals surface area contributed by atoms with E-state index in [0.29, 0.717) is 23.3 Å². The zero-order chi connectivity index (χ0) is 20.3. The molecule has 6 heteroatoms. The first-order valence-corrected chi connectivity index (χ1v) is 9.36. The van der Waals surface area contributed by atoms with Crippen molar-refractivity contribution < 1.29 is 14.3 Å². The smallest absolute Gasteiger partial charge is 0.336 e. The van der Waals surface area contributed by atoms with Gasteiger partial charge in [0.05, 0.1) is 18.6 Å². The maximum atomic E-state index is 13.4. The van der Waals surface area contributed by atoms with E-state index in [2.05, 4.69) is 17.2 Å². The molecule has 0 radical (unpaired) electrons. The Morgan fingerprint density at radius 1 is 1.18 bits per heavy atom. The Morgan fingerprint density at radius 3 is 2.46 bits per heavy atom. The summed E-state index contributed by atoms with van der Waals surface area (Å²) in [7, 11) is 1.36. The van der Waals surface area contributed by atoms with E-state index in [9.17, 15) is 9.59 Å². The van der Waals surface area contributed by atoms with Crippen LogP contribution in [0.4, 0.5) is 0 Å². The molecule has 2 heterocycles. The number of methoxy groups -OCH3 is 1. The fourth-order valence-electron chi connectivity index (χ4n) is 3.59. The Hall–Kier alpha value is -3.15. The van der Waals surface area contributed by atoms with E-state index in [0.717, 1.165) is 23.2 Å². The van der Waals surface area contributed by atoms with Crippen LogP contribution in [0.5, 0.6) is 0 Å². The lowest BCUT2D eigenvalue weighted by Gasteiger charge is -2.32. The van der Waals surface area contributed by atoms with Gasteiger partial charge in [0.25, 0.3) is 5.91 Å². The Balaban J connectivity index is 2.24. The molecular formula is C22H25N3O3. The average molecular weight is 379 g/mol. The van der Waals surface area contributed by atoms with Crippen LogP contribution >= 0.6 is 0 Å². The second kappa shape index (κ2) is 8.25.